The van der Waals surface area contributed by atoms with Crippen molar-refractivity contribution in [3.8, 4) is 17.2 Å². The maximum atomic E-state index is 6.78. The van der Waals surface area contributed by atoms with Crippen LogP contribution in [0.15, 0.2) is 11.4 Å². The van der Waals surface area contributed by atoms with Crippen LogP contribution in [0.3, 0.4) is 0 Å². The van der Waals surface area contributed by atoms with Crippen LogP contribution in [0.1, 0.15) is 5.56 Å². The van der Waals surface area contributed by atoms with E-state index in [1.54, 1.807) is 0 Å². The van der Waals surface area contributed by atoms with E-state index in [0.717, 1.165) is 10.8 Å². The summed E-state index contributed by atoms with van der Waals surface area (Å²) in [7, 11) is -3.14. The molecular formula is C23H46O6Si8. The molecule has 0 saturated heterocycles. The van der Waals surface area contributed by atoms with Gasteiger partial charge in [0.1, 0.15) is 21.8 Å². The summed E-state index contributed by atoms with van der Waals surface area (Å²) in [6.45, 7) is 32.4. The summed E-state index contributed by atoms with van der Waals surface area (Å²) in [5, 5.41) is 1.44. The van der Waals surface area contributed by atoms with Crippen molar-refractivity contribution in [3.63, 3.8) is 0 Å². The lowest BCUT2D eigenvalue weighted by Gasteiger charge is -2.33. The maximum Gasteiger partial charge on any atom is 0.261 e. The van der Waals surface area contributed by atoms with Crippen LogP contribution in [0.25, 0.3) is 5.76 Å². The maximum absolute atomic E-state index is 6.78. The van der Waals surface area contributed by atoms with Gasteiger partial charge in [-0.1, -0.05) is 0 Å². The van der Waals surface area contributed by atoms with E-state index in [0.29, 0.717) is 28.4 Å². The molecule has 0 spiro atoms. The highest BCUT2D eigenvalue weighted by Gasteiger charge is 2.35. The molecule has 0 bridgehead atoms. The highest BCUT2D eigenvalue weighted by molar-refractivity contribution is 6.73. The highest BCUT2D eigenvalue weighted by Crippen LogP contribution is 2.43. The summed E-state index contributed by atoms with van der Waals surface area (Å²) in [6.07, 6.45) is 0. The van der Waals surface area contributed by atoms with Crippen molar-refractivity contribution in [1.29, 1.82) is 0 Å². The van der Waals surface area contributed by atoms with Gasteiger partial charge in [-0.2, -0.15) is 0 Å². The Balaban J connectivity index is 4.30. The minimum Gasteiger partial charge on any atom is -0.549 e. The van der Waals surface area contributed by atoms with Gasteiger partial charge in [-0.15, -0.1) is 0 Å². The molecule has 14 heteroatoms. The zero-order valence-corrected chi connectivity index (χ0v) is 33.5. The average molecular weight is 643 g/mol. The number of hydrogen-bond donors (Lipinski definition) is 0. The minimum absolute atomic E-state index is 0.0646. The highest BCUT2D eigenvalue weighted by atomic mass is 28.4. The fraction of sp³-hybridized carbons (Fsp3) is 0.652. The molecule has 0 aliphatic carbocycles. The van der Waals surface area contributed by atoms with Gasteiger partial charge in [0, 0.05) is 10.8 Å². The molecule has 0 aromatic heterocycles. The predicted molar refractivity (Wildman–Crippen MR) is 172 cm³/mol. The second-order valence-electron chi connectivity index (χ2n) is 13.9. The van der Waals surface area contributed by atoms with Crippen LogP contribution in [0, 0.1) is 0 Å². The van der Waals surface area contributed by atoms with Crippen molar-refractivity contribution in [2.45, 2.75) is 98.2 Å². The van der Waals surface area contributed by atoms with Crippen molar-refractivity contribution < 1.29 is 26.2 Å². The monoisotopic (exact) mass is 642 g/mol. The lowest BCUT2D eigenvalue weighted by molar-refractivity contribution is 0.423. The smallest absolute Gasteiger partial charge is 0.261 e. The van der Waals surface area contributed by atoms with Crippen molar-refractivity contribution in [2.24, 2.45) is 0 Å². The van der Waals surface area contributed by atoms with E-state index in [2.05, 4.69) is 119 Å². The largest absolute Gasteiger partial charge is 0.549 e. The quantitative estimate of drug-likeness (QED) is 0.190. The van der Waals surface area contributed by atoms with Crippen LogP contribution in [-0.4, -0.2) is 72.1 Å². The molecule has 0 amide bonds. The lowest BCUT2D eigenvalue weighted by atomic mass is 10.1. The van der Waals surface area contributed by atoms with Gasteiger partial charge in [0.2, 0.25) is 52.1 Å². The van der Waals surface area contributed by atoms with Crippen molar-refractivity contribution in [1.82, 2.24) is 0 Å². The van der Waals surface area contributed by atoms with E-state index in [4.69, 9.17) is 26.2 Å². The van der Waals surface area contributed by atoms with Crippen LogP contribution in [0.5, 0.6) is 17.2 Å². The molecule has 0 atom stereocenters. The van der Waals surface area contributed by atoms with Gasteiger partial charge in [0.15, 0.2) is 11.5 Å². The van der Waals surface area contributed by atoms with Gasteiger partial charge < -0.3 is 26.2 Å². The Bertz CT molecular complexity index is 964. The third-order valence-corrected chi connectivity index (χ3v) is 9.60. The van der Waals surface area contributed by atoms with E-state index < -0.39 is 41.6 Å². The molecule has 0 aliphatic rings. The molecule has 1 aromatic carbocycles. The predicted octanol–water partition coefficient (Wildman–Crippen LogP) is 6.17. The summed E-state index contributed by atoms with van der Waals surface area (Å²) in [4.78, 5) is 0. The van der Waals surface area contributed by atoms with Gasteiger partial charge in [0.05, 0.1) is 5.38 Å². The summed E-state index contributed by atoms with van der Waals surface area (Å²) in [5.41, 5.74) is 0.826. The topological polar surface area (TPSA) is 55.4 Å². The fourth-order valence-electron chi connectivity index (χ4n) is 3.04. The molecule has 1 aromatic rings. The van der Waals surface area contributed by atoms with E-state index in [1.165, 1.54) is 0 Å². The Morgan fingerprint density at radius 3 is 1.43 bits per heavy atom. The van der Waals surface area contributed by atoms with Crippen molar-refractivity contribution in [3.05, 3.63) is 17.0 Å². The summed E-state index contributed by atoms with van der Waals surface area (Å²) in [6, 6.07) is 2.03. The van der Waals surface area contributed by atoms with E-state index in [-0.39, 0.29) is 9.76 Å². The van der Waals surface area contributed by atoms with Gasteiger partial charge in [0.25, 0.3) is 9.76 Å². The van der Waals surface area contributed by atoms with Gasteiger partial charge >= 0.3 is 0 Å². The van der Waals surface area contributed by atoms with E-state index in [1.807, 2.05) is 6.07 Å². The fourth-order valence-corrected chi connectivity index (χ4v) is 9.26. The first-order valence-corrected chi connectivity index (χ1v) is 31.4. The van der Waals surface area contributed by atoms with Gasteiger partial charge in [-0.3, -0.25) is 0 Å². The average Bonchev–Trinajstić information content (AvgIpc) is 2.59. The molecule has 0 unspecified atom stereocenters. The Hall–Kier alpha value is -0.345. The van der Waals surface area contributed by atoms with E-state index in [9.17, 15) is 0 Å². The molecule has 37 heavy (non-hydrogen) atoms. The lowest BCUT2D eigenvalue weighted by Crippen LogP contribution is -2.38. The van der Waals surface area contributed by atoms with Crippen LogP contribution in [0.4, 0.5) is 0 Å². The van der Waals surface area contributed by atoms with Crippen molar-refractivity contribution >= 4 is 83.0 Å². The molecule has 8 radical (unpaired) electrons. The second kappa shape index (κ2) is 12.4. The zero-order chi connectivity index (χ0) is 29.2. The molecule has 0 fully saturated rings. The normalized spacial score (nSPS) is 14.2. The van der Waals surface area contributed by atoms with Crippen LogP contribution >= 0.6 is 0 Å². The molecule has 6 nitrogen and oxygen atoms in total. The molecule has 0 N–H and O–H groups in total. The Morgan fingerprint density at radius 1 is 0.622 bits per heavy atom. The minimum atomic E-state index is -2.08. The first kappa shape index (κ1) is 34.7. The SMILES string of the molecule is C[Si](C)(C)OC([Si])=C(O[Si](C)(C)C)c1cc(O[Si](C)(C)C)c(O[Si](C)(C)C)c(O[Si](C)(C)C)c1[Si]O[Si]. The first-order valence-electron chi connectivity index (χ1n) is 12.5. The molecule has 1 rings (SSSR count). The van der Waals surface area contributed by atoms with Crippen LogP contribution in [-0.2, 0) is 13.0 Å². The first-order chi connectivity index (χ1) is 16.3. The summed E-state index contributed by atoms with van der Waals surface area (Å²) >= 11 is 0. The summed E-state index contributed by atoms with van der Waals surface area (Å²) in [5.74, 6) is 2.66. The Labute approximate surface area is 240 Å². The number of hydrogen-bond acceptors (Lipinski definition) is 6. The third kappa shape index (κ3) is 13.0. The third-order valence-electron chi connectivity index (χ3n) is 3.85. The standard InChI is InChI=1S/C23H46O6Si8/c1-33(2,3)24-18-16-17(19(25-34(4,5)6)23(30)28-37(13,14)15)22(32-29-31)21(27-36(10,11)12)20(18)26-35(7,8)9/h16H,1-15H3. The Kier molecular flexibility index (Phi) is 11.7. The van der Waals surface area contributed by atoms with Crippen molar-refractivity contribution in [2.75, 3.05) is 0 Å². The van der Waals surface area contributed by atoms with Crippen LogP contribution in [0.2, 0.25) is 98.2 Å². The van der Waals surface area contributed by atoms with E-state index >= 15 is 0 Å². The number of rotatable bonds is 13. The molecule has 0 aliphatic heterocycles. The molecule has 206 valence electrons. The molecular weight excluding hydrogens is 597 g/mol. The number of benzene rings is 1. The second-order valence-corrected chi connectivity index (χ2v) is 38.0. The van der Waals surface area contributed by atoms with Crippen LogP contribution < -0.4 is 18.5 Å². The molecule has 0 heterocycles. The Morgan fingerprint density at radius 2 is 1.05 bits per heavy atom. The summed E-state index contributed by atoms with van der Waals surface area (Å²) < 4.78 is 38.9. The zero-order valence-electron chi connectivity index (χ0n) is 25.5. The van der Waals surface area contributed by atoms with Gasteiger partial charge in [-0.25, -0.2) is 0 Å². The molecule has 0 saturated carbocycles. The van der Waals surface area contributed by atoms with Gasteiger partial charge in [-0.05, 0) is 104 Å².